The molecule has 5 rings (SSSR count). The number of hydrogen-bond donors (Lipinski definition) is 1. The van der Waals surface area contributed by atoms with Crippen molar-refractivity contribution >= 4 is 22.9 Å². The summed E-state index contributed by atoms with van der Waals surface area (Å²) >= 11 is 5.83. The van der Waals surface area contributed by atoms with Crippen LogP contribution in [0.4, 0.5) is 0 Å². The molecule has 4 aromatic rings. The fourth-order valence-corrected chi connectivity index (χ4v) is 4.65. The molecular formula is C28H26N4O3S. The van der Waals surface area contributed by atoms with Crippen LogP contribution in [0.3, 0.4) is 0 Å². The fourth-order valence-electron chi connectivity index (χ4n) is 4.33. The third kappa shape index (κ3) is 4.55. The van der Waals surface area contributed by atoms with Crippen LogP contribution in [0.5, 0.6) is 11.5 Å². The van der Waals surface area contributed by atoms with Gasteiger partial charge in [0.25, 0.3) is 5.89 Å². The maximum absolute atomic E-state index is 5.83. The molecule has 0 aliphatic carbocycles. The molecule has 8 heteroatoms. The average molecular weight is 499 g/mol. The zero-order valence-electron chi connectivity index (χ0n) is 20.3. The van der Waals surface area contributed by atoms with E-state index in [9.17, 15) is 0 Å². The summed E-state index contributed by atoms with van der Waals surface area (Å²) in [6.07, 6.45) is 0. The molecule has 0 amide bonds. The number of methoxy groups -OCH3 is 2. The van der Waals surface area contributed by atoms with Gasteiger partial charge in [0.2, 0.25) is 5.82 Å². The van der Waals surface area contributed by atoms with Crippen LogP contribution in [0.15, 0.2) is 89.1 Å². The summed E-state index contributed by atoms with van der Waals surface area (Å²) in [5, 5.41) is 8.38. The molecule has 0 fully saturated rings. The van der Waals surface area contributed by atoms with Crippen LogP contribution in [-0.2, 0) is 6.54 Å². The minimum absolute atomic E-state index is 0.326. The normalized spacial score (nSPS) is 15.6. The fraction of sp³-hybridized carbons (Fsp3) is 0.179. The van der Waals surface area contributed by atoms with Crippen molar-refractivity contribution in [2.45, 2.75) is 19.5 Å². The first-order chi connectivity index (χ1) is 17.6. The van der Waals surface area contributed by atoms with Crippen molar-refractivity contribution in [2.24, 2.45) is 0 Å². The van der Waals surface area contributed by atoms with Gasteiger partial charge in [-0.1, -0.05) is 71.9 Å². The number of hydrogen-bond acceptors (Lipinski definition) is 6. The second-order valence-corrected chi connectivity index (χ2v) is 8.74. The molecule has 182 valence electrons. The molecule has 1 aliphatic rings. The van der Waals surface area contributed by atoms with E-state index in [1.54, 1.807) is 14.2 Å². The Hall–Kier alpha value is -4.17. The van der Waals surface area contributed by atoms with E-state index in [0.717, 1.165) is 28.0 Å². The molecule has 1 N–H and O–H groups in total. The van der Waals surface area contributed by atoms with E-state index < -0.39 is 0 Å². The van der Waals surface area contributed by atoms with Crippen LogP contribution in [0, 0.1) is 0 Å². The molecule has 0 saturated heterocycles. The number of thiocarbonyl (C=S) groups is 1. The Balaban J connectivity index is 1.62. The highest BCUT2D eigenvalue weighted by Crippen LogP contribution is 2.40. The van der Waals surface area contributed by atoms with Crippen molar-refractivity contribution in [3.8, 4) is 22.9 Å². The molecule has 7 nitrogen and oxygen atoms in total. The summed E-state index contributed by atoms with van der Waals surface area (Å²) in [6, 6.07) is 25.4. The second-order valence-electron chi connectivity index (χ2n) is 8.36. The Labute approximate surface area is 215 Å². The zero-order valence-corrected chi connectivity index (χ0v) is 21.1. The Bertz CT molecular complexity index is 1400. The standard InChI is InChI=1S/C28H26N4O3S/c1-18-24(27-30-26(31-35-27)20-12-8-5-9-13-20)25(21-14-15-22(33-2)23(16-21)34-3)29-28(36)32(18)17-19-10-6-4-7-11-19/h4-16,25H,17H2,1-3H3,(H,29,36). The predicted octanol–water partition coefficient (Wildman–Crippen LogP) is 5.62. The summed E-state index contributed by atoms with van der Waals surface area (Å²) in [7, 11) is 3.24. The van der Waals surface area contributed by atoms with Crippen molar-refractivity contribution in [3.05, 3.63) is 102 Å². The van der Waals surface area contributed by atoms with Gasteiger partial charge in [-0.15, -0.1) is 0 Å². The number of nitrogens with one attached hydrogen (secondary N) is 1. The second kappa shape index (κ2) is 10.2. The smallest absolute Gasteiger partial charge is 0.258 e. The van der Waals surface area contributed by atoms with Gasteiger partial charge >= 0.3 is 0 Å². The molecule has 1 aromatic heterocycles. The quantitative estimate of drug-likeness (QED) is 0.329. The average Bonchev–Trinajstić information content (AvgIpc) is 3.41. The van der Waals surface area contributed by atoms with Gasteiger partial charge < -0.3 is 24.2 Å². The monoisotopic (exact) mass is 498 g/mol. The molecule has 1 unspecified atom stereocenters. The highest BCUT2D eigenvalue weighted by molar-refractivity contribution is 7.80. The number of aromatic nitrogens is 2. The van der Waals surface area contributed by atoms with Crippen LogP contribution in [0.25, 0.3) is 17.0 Å². The minimum Gasteiger partial charge on any atom is -0.493 e. The first-order valence-electron chi connectivity index (χ1n) is 11.5. The number of nitrogens with zero attached hydrogens (tertiary/aromatic N) is 3. The molecule has 0 bridgehead atoms. The molecule has 3 aromatic carbocycles. The van der Waals surface area contributed by atoms with E-state index in [1.165, 1.54) is 0 Å². The highest BCUT2D eigenvalue weighted by Gasteiger charge is 2.34. The van der Waals surface area contributed by atoms with Crippen molar-refractivity contribution in [3.63, 3.8) is 0 Å². The Morgan fingerprint density at radius 1 is 0.944 bits per heavy atom. The maximum Gasteiger partial charge on any atom is 0.258 e. The largest absolute Gasteiger partial charge is 0.493 e. The van der Waals surface area contributed by atoms with Crippen molar-refractivity contribution in [2.75, 3.05) is 14.2 Å². The third-order valence-electron chi connectivity index (χ3n) is 6.21. The first kappa shape index (κ1) is 23.6. The van der Waals surface area contributed by atoms with Gasteiger partial charge in [0, 0.05) is 17.8 Å². The number of rotatable bonds is 7. The van der Waals surface area contributed by atoms with Gasteiger partial charge in [0.15, 0.2) is 16.6 Å². The SMILES string of the molecule is COc1ccc(C2NC(=S)N(Cc3ccccc3)C(C)=C2c2nc(-c3ccccc3)no2)cc1OC. The lowest BCUT2D eigenvalue weighted by Crippen LogP contribution is -2.45. The number of benzene rings is 3. The summed E-state index contributed by atoms with van der Waals surface area (Å²) in [5.41, 5.74) is 4.74. The molecule has 2 heterocycles. The van der Waals surface area contributed by atoms with E-state index in [1.807, 2.05) is 73.7 Å². The summed E-state index contributed by atoms with van der Waals surface area (Å²) in [4.78, 5) is 6.83. The Morgan fingerprint density at radius 3 is 2.33 bits per heavy atom. The molecule has 0 saturated carbocycles. The molecule has 0 spiro atoms. The minimum atomic E-state index is -0.326. The summed E-state index contributed by atoms with van der Waals surface area (Å²) < 4.78 is 16.8. The topological polar surface area (TPSA) is 72.7 Å². The van der Waals surface area contributed by atoms with E-state index in [2.05, 4.69) is 27.5 Å². The van der Waals surface area contributed by atoms with Crippen molar-refractivity contribution < 1.29 is 14.0 Å². The lowest BCUT2D eigenvalue weighted by Gasteiger charge is -2.37. The number of allylic oxidation sites excluding steroid dienone is 1. The first-order valence-corrected chi connectivity index (χ1v) is 11.9. The highest BCUT2D eigenvalue weighted by atomic mass is 32.1. The van der Waals surface area contributed by atoms with Gasteiger partial charge in [-0.2, -0.15) is 4.98 Å². The number of ether oxygens (including phenoxy) is 2. The third-order valence-corrected chi connectivity index (χ3v) is 6.55. The molecule has 36 heavy (non-hydrogen) atoms. The van der Waals surface area contributed by atoms with Crippen molar-refractivity contribution in [1.29, 1.82) is 0 Å². The van der Waals surface area contributed by atoms with Crippen LogP contribution < -0.4 is 14.8 Å². The van der Waals surface area contributed by atoms with Gasteiger partial charge in [-0.05, 0) is 42.4 Å². The maximum atomic E-state index is 5.83. The predicted molar refractivity (Wildman–Crippen MR) is 142 cm³/mol. The lowest BCUT2D eigenvalue weighted by atomic mass is 9.94. The van der Waals surface area contributed by atoms with Crippen LogP contribution >= 0.6 is 12.2 Å². The van der Waals surface area contributed by atoms with Crippen LogP contribution in [0.2, 0.25) is 0 Å². The van der Waals surface area contributed by atoms with E-state index in [0.29, 0.717) is 34.9 Å². The van der Waals surface area contributed by atoms with Gasteiger partial charge in [0.05, 0.1) is 25.8 Å². The Kier molecular flexibility index (Phi) is 6.69. The van der Waals surface area contributed by atoms with Crippen LogP contribution in [0.1, 0.15) is 30.0 Å². The summed E-state index contributed by atoms with van der Waals surface area (Å²) in [6.45, 7) is 2.64. The van der Waals surface area contributed by atoms with Crippen molar-refractivity contribution in [1.82, 2.24) is 20.4 Å². The van der Waals surface area contributed by atoms with E-state index in [-0.39, 0.29) is 6.04 Å². The molecular weight excluding hydrogens is 472 g/mol. The summed E-state index contributed by atoms with van der Waals surface area (Å²) in [5.74, 6) is 2.23. The zero-order chi connectivity index (χ0) is 25.1. The lowest BCUT2D eigenvalue weighted by molar-refractivity contribution is 0.354. The molecule has 0 radical (unpaired) electrons. The van der Waals surface area contributed by atoms with Crippen LogP contribution in [-0.4, -0.2) is 34.4 Å². The van der Waals surface area contributed by atoms with Gasteiger partial charge in [-0.3, -0.25) is 0 Å². The van der Waals surface area contributed by atoms with Gasteiger partial charge in [-0.25, -0.2) is 0 Å². The molecule has 1 atom stereocenters. The van der Waals surface area contributed by atoms with E-state index >= 15 is 0 Å². The van der Waals surface area contributed by atoms with E-state index in [4.69, 9.17) is 31.2 Å². The Morgan fingerprint density at radius 2 is 1.64 bits per heavy atom. The molecule has 1 aliphatic heterocycles. The van der Waals surface area contributed by atoms with Gasteiger partial charge in [0.1, 0.15) is 0 Å².